The Hall–Kier alpha value is -1.72. The lowest BCUT2D eigenvalue weighted by Gasteiger charge is -1.74. The van der Waals surface area contributed by atoms with Gasteiger partial charge in [0.1, 0.15) is 0 Å². The van der Waals surface area contributed by atoms with Crippen molar-refractivity contribution < 1.29 is 9.59 Å². The normalized spacial score (nSPS) is 6.38. The standard InChI is InChI=1S/C5H10.2CH4N2O/c1-4-5(2)3;2*2-1(3)4/h4H,1-3H3;2*(H4,2,3,4). The Morgan fingerprint density at radius 1 is 0.923 bits per heavy atom. The lowest BCUT2D eigenvalue weighted by Crippen LogP contribution is -2.18. The fourth-order valence-electron chi connectivity index (χ4n) is 0. The van der Waals surface area contributed by atoms with E-state index in [4.69, 9.17) is 9.59 Å². The first-order valence-electron chi connectivity index (χ1n) is 3.43. The molecule has 4 amide bonds. The molecule has 0 fully saturated rings. The number of nitrogens with two attached hydrogens (primary N) is 4. The van der Waals surface area contributed by atoms with Crippen molar-refractivity contribution in [3.8, 4) is 0 Å². The molecule has 0 heterocycles. The van der Waals surface area contributed by atoms with Gasteiger partial charge in [-0.1, -0.05) is 11.6 Å². The van der Waals surface area contributed by atoms with Crippen LogP contribution in [0.25, 0.3) is 0 Å². The van der Waals surface area contributed by atoms with Crippen molar-refractivity contribution in [2.24, 2.45) is 22.9 Å². The number of hydrogen-bond donors (Lipinski definition) is 4. The van der Waals surface area contributed by atoms with E-state index < -0.39 is 12.1 Å². The van der Waals surface area contributed by atoms with E-state index >= 15 is 0 Å². The van der Waals surface area contributed by atoms with Gasteiger partial charge in [-0.3, -0.25) is 0 Å². The third kappa shape index (κ3) is 8990. The Balaban J connectivity index is -0.000000117. The largest absolute Gasteiger partial charge is 0.352 e. The van der Waals surface area contributed by atoms with Crippen LogP contribution in [0.3, 0.4) is 0 Å². The van der Waals surface area contributed by atoms with Crippen molar-refractivity contribution in [3.63, 3.8) is 0 Å². The number of primary amides is 4. The maximum Gasteiger partial charge on any atom is 0.309 e. The van der Waals surface area contributed by atoms with E-state index in [1.54, 1.807) is 0 Å². The van der Waals surface area contributed by atoms with Crippen molar-refractivity contribution in [1.82, 2.24) is 0 Å². The first-order chi connectivity index (χ1) is 5.73. The molecule has 0 rings (SSSR count). The van der Waals surface area contributed by atoms with Crippen LogP contribution >= 0.6 is 0 Å². The molecule has 0 spiro atoms. The summed E-state index contributed by atoms with van der Waals surface area (Å²) in [5.74, 6) is 0. The number of carbonyl (C=O) groups excluding carboxylic acids is 2. The number of hydrogen-bond acceptors (Lipinski definition) is 2. The molecule has 0 unspecified atom stereocenters. The molecule has 0 aromatic carbocycles. The van der Waals surface area contributed by atoms with Gasteiger partial charge in [-0.05, 0) is 20.8 Å². The molecule has 0 aliphatic carbocycles. The van der Waals surface area contributed by atoms with Gasteiger partial charge in [0.15, 0.2) is 0 Å². The smallest absolute Gasteiger partial charge is 0.309 e. The quantitative estimate of drug-likeness (QED) is 0.400. The average Bonchev–Trinajstić information content (AvgIpc) is 1.84. The number of amides is 4. The van der Waals surface area contributed by atoms with E-state index in [1.165, 1.54) is 5.57 Å². The fraction of sp³-hybridized carbons (Fsp3) is 0.429. The second-order valence-electron chi connectivity index (χ2n) is 2.17. The maximum absolute atomic E-state index is 9.00. The predicted octanol–water partition coefficient (Wildman–Crippen LogP) is 0.0201. The number of rotatable bonds is 0. The van der Waals surface area contributed by atoms with Crippen molar-refractivity contribution in [2.75, 3.05) is 0 Å². The van der Waals surface area contributed by atoms with Gasteiger partial charge in [0.05, 0.1) is 0 Å². The maximum atomic E-state index is 9.00. The van der Waals surface area contributed by atoms with E-state index in [2.05, 4.69) is 42.9 Å². The molecule has 0 radical (unpaired) electrons. The van der Waals surface area contributed by atoms with Crippen LogP contribution in [0.1, 0.15) is 20.8 Å². The summed E-state index contributed by atoms with van der Waals surface area (Å²) < 4.78 is 0. The Bertz CT molecular complexity index is 153. The van der Waals surface area contributed by atoms with Crippen LogP contribution in [0, 0.1) is 0 Å². The third-order valence-electron chi connectivity index (χ3n) is 0.577. The van der Waals surface area contributed by atoms with Crippen LogP contribution in [0.4, 0.5) is 9.59 Å². The van der Waals surface area contributed by atoms with Gasteiger partial charge >= 0.3 is 12.1 Å². The second kappa shape index (κ2) is 12.9. The summed E-state index contributed by atoms with van der Waals surface area (Å²) in [4.78, 5) is 18.0. The van der Waals surface area contributed by atoms with Crippen LogP contribution in [0.2, 0.25) is 0 Å². The molecule has 13 heavy (non-hydrogen) atoms. The molecule has 6 nitrogen and oxygen atoms in total. The van der Waals surface area contributed by atoms with Crippen molar-refractivity contribution in [1.29, 1.82) is 0 Å². The van der Waals surface area contributed by atoms with E-state index in [-0.39, 0.29) is 0 Å². The highest BCUT2D eigenvalue weighted by Crippen LogP contribution is 1.82. The number of carbonyl (C=O) groups is 2. The molecule has 8 N–H and O–H groups in total. The molecule has 78 valence electrons. The fourth-order valence-corrected chi connectivity index (χ4v) is 0. The Kier molecular flexibility index (Phi) is 17.3. The second-order valence-corrected chi connectivity index (χ2v) is 2.17. The lowest BCUT2D eigenvalue weighted by atomic mass is 10.3. The predicted molar refractivity (Wildman–Crippen MR) is 52.6 cm³/mol. The summed E-state index contributed by atoms with van der Waals surface area (Å²) in [5.41, 5.74) is 18.4. The topological polar surface area (TPSA) is 138 Å². The van der Waals surface area contributed by atoms with Gasteiger partial charge in [0, 0.05) is 0 Å². The Morgan fingerprint density at radius 2 is 1.00 bits per heavy atom. The van der Waals surface area contributed by atoms with E-state index in [0.717, 1.165) is 0 Å². The van der Waals surface area contributed by atoms with Crippen molar-refractivity contribution in [3.05, 3.63) is 11.6 Å². The van der Waals surface area contributed by atoms with Gasteiger partial charge < -0.3 is 22.9 Å². The summed E-state index contributed by atoms with van der Waals surface area (Å²) in [6.07, 6.45) is 2.08. The number of allylic oxidation sites excluding steroid dienone is 2. The molecule has 0 aliphatic heterocycles. The van der Waals surface area contributed by atoms with E-state index in [9.17, 15) is 0 Å². The van der Waals surface area contributed by atoms with Gasteiger partial charge in [-0.25, -0.2) is 9.59 Å². The van der Waals surface area contributed by atoms with Crippen molar-refractivity contribution in [2.45, 2.75) is 20.8 Å². The average molecular weight is 190 g/mol. The minimum Gasteiger partial charge on any atom is -0.352 e. The molecule has 0 aromatic rings. The summed E-state index contributed by atoms with van der Waals surface area (Å²) in [6, 6.07) is -1.67. The van der Waals surface area contributed by atoms with Crippen LogP contribution < -0.4 is 22.9 Å². The lowest BCUT2D eigenvalue weighted by molar-refractivity contribution is 0.255. The summed E-state index contributed by atoms with van der Waals surface area (Å²) in [6.45, 7) is 6.20. The summed E-state index contributed by atoms with van der Waals surface area (Å²) >= 11 is 0. The SMILES string of the molecule is CC=C(C)C.NC(N)=O.NC(N)=O. The molecule has 0 atom stereocenters. The first-order valence-corrected chi connectivity index (χ1v) is 3.43. The molecule has 0 saturated carbocycles. The zero-order valence-corrected chi connectivity index (χ0v) is 8.20. The summed E-state index contributed by atoms with van der Waals surface area (Å²) in [5, 5.41) is 0. The van der Waals surface area contributed by atoms with Crippen LogP contribution in [-0.2, 0) is 0 Å². The molecule has 0 saturated heterocycles. The van der Waals surface area contributed by atoms with E-state index in [1.807, 2.05) is 6.92 Å². The summed E-state index contributed by atoms with van der Waals surface area (Å²) in [7, 11) is 0. The van der Waals surface area contributed by atoms with Gasteiger partial charge in [-0.2, -0.15) is 0 Å². The highest BCUT2D eigenvalue weighted by Gasteiger charge is 1.61. The molecule has 6 heteroatoms. The number of urea groups is 2. The molecular formula is C7H18N4O2. The van der Waals surface area contributed by atoms with Gasteiger partial charge in [0.25, 0.3) is 0 Å². The molecule has 0 bridgehead atoms. The third-order valence-corrected chi connectivity index (χ3v) is 0.577. The monoisotopic (exact) mass is 190 g/mol. The highest BCUT2D eigenvalue weighted by atomic mass is 16.2. The van der Waals surface area contributed by atoms with Gasteiger partial charge in [0.2, 0.25) is 0 Å². The van der Waals surface area contributed by atoms with Crippen LogP contribution in [-0.4, -0.2) is 12.1 Å². The molecule has 0 aromatic heterocycles. The van der Waals surface area contributed by atoms with Crippen molar-refractivity contribution >= 4 is 12.1 Å². The zero-order valence-electron chi connectivity index (χ0n) is 8.20. The Labute approximate surface area is 77.9 Å². The Morgan fingerprint density at radius 3 is 1.00 bits per heavy atom. The van der Waals surface area contributed by atoms with E-state index in [0.29, 0.717) is 0 Å². The highest BCUT2D eigenvalue weighted by molar-refractivity contribution is 5.69. The molecular weight excluding hydrogens is 172 g/mol. The van der Waals surface area contributed by atoms with Crippen LogP contribution in [0.5, 0.6) is 0 Å². The first kappa shape index (κ1) is 17.4. The minimum absolute atomic E-state index is 0.833. The van der Waals surface area contributed by atoms with Crippen LogP contribution in [0.15, 0.2) is 11.6 Å². The zero-order chi connectivity index (χ0) is 11.4. The minimum atomic E-state index is -0.833. The molecule has 0 aliphatic rings. The van der Waals surface area contributed by atoms with Gasteiger partial charge in [-0.15, -0.1) is 0 Å².